The standard InChI is InChI=1S/C10H12F9N3O8S3/c11-7(12,9(15,16)32(26,27)22-33(28,29)10(17,18)19)8(13,14)31(24,25)21-3-2-20-5-1-4-30-6(5)23/h5,20-22H,1-4H2. The molecule has 0 saturated carbocycles. The fraction of sp³-hybridized carbons (Fsp3) is 0.900. The lowest BCUT2D eigenvalue weighted by molar-refractivity contribution is -0.244. The van der Waals surface area contributed by atoms with Crippen LogP contribution in [0.1, 0.15) is 6.42 Å². The molecule has 0 aromatic rings. The van der Waals surface area contributed by atoms with Crippen LogP contribution in [0.15, 0.2) is 0 Å². The molecule has 0 amide bonds. The number of cyclic esters (lactones) is 1. The van der Waals surface area contributed by atoms with Crippen molar-refractivity contribution < 1.29 is 74.3 Å². The van der Waals surface area contributed by atoms with Gasteiger partial charge in [-0.1, -0.05) is 4.13 Å². The number of esters is 1. The molecule has 11 nitrogen and oxygen atoms in total. The van der Waals surface area contributed by atoms with Gasteiger partial charge >= 0.3 is 37.9 Å². The molecule has 1 saturated heterocycles. The Balaban J connectivity index is 3.11. The molecule has 0 aromatic carbocycles. The molecule has 0 radical (unpaired) electrons. The number of ether oxygens (including phenoxy) is 1. The van der Waals surface area contributed by atoms with Crippen LogP contribution < -0.4 is 14.2 Å². The lowest BCUT2D eigenvalue weighted by Gasteiger charge is -2.31. The first-order valence-electron chi connectivity index (χ1n) is 7.82. The van der Waals surface area contributed by atoms with Gasteiger partial charge in [-0.05, 0) is 0 Å². The van der Waals surface area contributed by atoms with Crippen LogP contribution in [0.4, 0.5) is 39.5 Å². The lowest BCUT2D eigenvalue weighted by atomic mass is 10.2. The zero-order valence-electron chi connectivity index (χ0n) is 15.3. The van der Waals surface area contributed by atoms with E-state index in [1.54, 1.807) is 0 Å². The van der Waals surface area contributed by atoms with Gasteiger partial charge in [-0.2, -0.15) is 39.5 Å². The minimum atomic E-state index is -7.82. The second-order valence-electron chi connectivity index (χ2n) is 6.00. The smallest absolute Gasteiger partial charge is 0.464 e. The molecule has 0 aromatic heterocycles. The normalized spacial score (nSPS) is 19.5. The zero-order valence-corrected chi connectivity index (χ0v) is 17.7. The van der Waals surface area contributed by atoms with Gasteiger partial charge in [0.1, 0.15) is 6.04 Å². The highest BCUT2D eigenvalue weighted by atomic mass is 32.3. The summed E-state index contributed by atoms with van der Waals surface area (Å²) in [5.74, 6) is -8.33. The van der Waals surface area contributed by atoms with Crippen molar-refractivity contribution in [3.63, 3.8) is 0 Å². The van der Waals surface area contributed by atoms with Gasteiger partial charge in [0.15, 0.2) is 0 Å². The first kappa shape index (κ1) is 29.6. The molecule has 1 rings (SSSR count). The third-order valence-corrected chi connectivity index (χ3v) is 8.49. The van der Waals surface area contributed by atoms with Gasteiger partial charge in [0.25, 0.3) is 20.0 Å². The first-order valence-corrected chi connectivity index (χ1v) is 12.3. The second-order valence-corrected chi connectivity index (χ2v) is 11.5. The molecule has 33 heavy (non-hydrogen) atoms. The molecule has 0 aliphatic carbocycles. The van der Waals surface area contributed by atoms with Crippen LogP contribution in [0.25, 0.3) is 0 Å². The van der Waals surface area contributed by atoms with Crippen molar-refractivity contribution in [2.45, 2.75) is 34.4 Å². The number of alkyl halides is 9. The van der Waals surface area contributed by atoms with E-state index in [2.05, 4.69) is 10.1 Å². The van der Waals surface area contributed by atoms with Crippen LogP contribution in [-0.2, 0) is 39.6 Å². The van der Waals surface area contributed by atoms with Crippen LogP contribution in [0.2, 0.25) is 0 Å². The maximum absolute atomic E-state index is 13.8. The maximum atomic E-state index is 13.8. The number of rotatable bonds is 11. The van der Waals surface area contributed by atoms with Crippen LogP contribution in [0.5, 0.6) is 0 Å². The Labute approximate surface area is 179 Å². The van der Waals surface area contributed by atoms with E-state index < -0.39 is 81.2 Å². The van der Waals surface area contributed by atoms with Crippen molar-refractivity contribution in [3.8, 4) is 0 Å². The summed E-state index contributed by atoms with van der Waals surface area (Å²) < 4.78 is 190. The fourth-order valence-electron chi connectivity index (χ4n) is 1.95. The number of halogens is 9. The van der Waals surface area contributed by atoms with E-state index in [1.165, 1.54) is 0 Å². The van der Waals surface area contributed by atoms with Gasteiger partial charge in [-0.3, -0.25) is 4.79 Å². The average Bonchev–Trinajstić information content (AvgIpc) is 3.01. The number of nitrogens with one attached hydrogen (secondary N) is 3. The predicted octanol–water partition coefficient (Wildman–Crippen LogP) is -0.599. The van der Waals surface area contributed by atoms with Crippen molar-refractivity contribution in [1.82, 2.24) is 14.2 Å². The van der Waals surface area contributed by atoms with Crippen molar-refractivity contribution in [1.29, 1.82) is 0 Å². The highest BCUT2D eigenvalue weighted by Crippen LogP contribution is 2.50. The summed E-state index contributed by atoms with van der Waals surface area (Å²) in [6.45, 7) is -2.02. The van der Waals surface area contributed by atoms with Crippen LogP contribution in [-0.4, -0.2) is 78.9 Å². The molecule has 3 N–H and O–H groups in total. The van der Waals surface area contributed by atoms with Crippen LogP contribution in [0, 0.1) is 0 Å². The number of hydrogen-bond donors (Lipinski definition) is 3. The molecule has 23 heteroatoms. The van der Waals surface area contributed by atoms with Crippen LogP contribution >= 0.6 is 0 Å². The molecule has 1 atom stereocenters. The SMILES string of the molecule is O=C1OCCC1NCCNS(=O)(=O)C(F)(F)C(F)(F)C(F)(F)S(=O)(=O)NS(=O)(=O)C(F)(F)F. The number of sulfonamides is 3. The largest absolute Gasteiger partial charge is 0.512 e. The summed E-state index contributed by atoms with van der Waals surface area (Å²) >= 11 is 0. The molecule has 1 aliphatic rings. The molecule has 196 valence electrons. The number of carbonyl (C=O) groups is 1. The van der Waals surface area contributed by atoms with E-state index in [4.69, 9.17) is 0 Å². The predicted molar refractivity (Wildman–Crippen MR) is 86.2 cm³/mol. The highest BCUT2D eigenvalue weighted by molar-refractivity contribution is 8.05. The van der Waals surface area contributed by atoms with Crippen molar-refractivity contribution in [2.75, 3.05) is 19.7 Å². The monoisotopic (exact) mass is 569 g/mol. The fourth-order valence-corrected chi connectivity index (χ4v) is 5.45. The van der Waals surface area contributed by atoms with Gasteiger partial charge < -0.3 is 10.1 Å². The molecule has 1 fully saturated rings. The van der Waals surface area contributed by atoms with E-state index in [0.29, 0.717) is 0 Å². The Morgan fingerprint density at radius 2 is 1.27 bits per heavy atom. The zero-order chi connectivity index (χ0) is 26.3. The van der Waals surface area contributed by atoms with Gasteiger partial charge in [0.05, 0.1) is 6.61 Å². The Morgan fingerprint density at radius 1 is 0.788 bits per heavy atom. The van der Waals surface area contributed by atoms with Gasteiger partial charge in [-0.25, -0.2) is 30.0 Å². The van der Waals surface area contributed by atoms with Gasteiger partial charge in [0.2, 0.25) is 0 Å². The van der Waals surface area contributed by atoms with Gasteiger partial charge in [0, 0.05) is 19.5 Å². The Bertz CT molecular complexity index is 1070. The maximum Gasteiger partial charge on any atom is 0.512 e. The molecule has 0 bridgehead atoms. The molecule has 1 aliphatic heterocycles. The van der Waals surface area contributed by atoms with Crippen molar-refractivity contribution in [2.24, 2.45) is 0 Å². The minimum Gasteiger partial charge on any atom is -0.464 e. The summed E-state index contributed by atoms with van der Waals surface area (Å²) in [5.41, 5.74) is -6.65. The first-order chi connectivity index (χ1) is 14.4. The lowest BCUT2D eigenvalue weighted by Crippen LogP contribution is -2.65. The number of hydrogen-bond acceptors (Lipinski definition) is 9. The Kier molecular flexibility index (Phi) is 8.05. The third-order valence-electron chi connectivity index (χ3n) is 3.67. The highest BCUT2D eigenvalue weighted by Gasteiger charge is 2.82. The van der Waals surface area contributed by atoms with E-state index in [-0.39, 0.29) is 13.0 Å². The van der Waals surface area contributed by atoms with Crippen molar-refractivity contribution >= 4 is 36.0 Å². The molecule has 1 heterocycles. The van der Waals surface area contributed by atoms with E-state index >= 15 is 0 Å². The molecule has 0 spiro atoms. The number of carbonyl (C=O) groups excluding carboxylic acids is 1. The third kappa shape index (κ3) is 5.47. The van der Waals surface area contributed by atoms with Gasteiger partial charge in [-0.15, -0.1) is 0 Å². The van der Waals surface area contributed by atoms with Crippen molar-refractivity contribution in [3.05, 3.63) is 0 Å². The minimum absolute atomic E-state index is 0.0533. The Morgan fingerprint density at radius 3 is 1.70 bits per heavy atom. The summed E-state index contributed by atoms with van der Waals surface area (Å²) in [4.78, 5) is 11.1. The summed E-state index contributed by atoms with van der Waals surface area (Å²) in [7, 11) is -22.0. The van der Waals surface area contributed by atoms with E-state index in [1.807, 2.05) is 0 Å². The van der Waals surface area contributed by atoms with Crippen LogP contribution in [0.3, 0.4) is 0 Å². The summed E-state index contributed by atoms with van der Waals surface area (Å²) in [6, 6.07) is -1.03. The Hall–Kier alpha value is -1.43. The molecular weight excluding hydrogens is 557 g/mol. The van der Waals surface area contributed by atoms with E-state index in [0.717, 1.165) is 4.72 Å². The average molecular weight is 569 g/mol. The quantitative estimate of drug-likeness (QED) is 0.167. The topological polar surface area (TPSA) is 165 Å². The summed E-state index contributed by atoms with van der Waals surface area (Å²) in [6.07, 6.45) is 0.0533. The molecular formula is C10H12F9N3O8S3. The van der Waals surface area contributed by atoms with E-state index in [9.17, 15) is 69.6 Å². The summed E-state index contributed by atoms with van der Waals surface area (Å²) in [5, 5.41) is -12.2. The second kappa shape index (κ2) is 8.98. The molecule has 1 unspecified atom stereocenters.